The number of carbonyl (C=O) groups excluding carboxylic acids is 1. The lowest BCUT2D eigenvalue weighted by atomic mass is 9.95. The zero-order valence-electron chi connectivity index (χ0n) is 8.78. The molecule has 0 unspecified atom stereocenters. The van der Waals surface area contributed by atoms with Gasteiger partial charge in [0, 0.05) is 5.41 Å². The van der Waals surface area contributed by atoms with E-state index >= 15 is 0 Å². The lowest BCUT2D eigenvalue weighted by Crippen LogP contribution is -2.46. The molecule has 0 aromatic carbocycles. The maximum Gasteiger partial charge on any atom is 0.309 e. The highest BCUT2D eigenvalue weighted by atomic mass is 16.7. The second-order valence-electron chi connectivity index (χ2n) is 4.94. The molecule has 0 bridgehead atoms. The standard InChI is InChI=1S/C10H16O4/c1-10(2,3)9-12-5-7-6(14-9)4-8(11)13-7/h6-7,9H,4-5H2,1-3H3/t6-,7-,9-/m0/s1. The first-order valence-corrected chi connectivity index (χ1v) is 4.93. The Kier molecular flexibility index (Phi) is 2.27. The predicted octanol–water partition coefficient (Wildman–Crippen LogP) is 1.09. The normalized spacial score (nSPS) is 37.9. The SMILES string of the molecule is CC(C)(C)[C@H]1OC[C@@H]2OC(=O)C[C@@H]2O1. The molecule has 4 heteroatoms. The number of hydrogen-bond acceptors (Lipinski definition) is 4. The summed E-state index contributed by atoms with van der Waals surface area (Å²) in [6.07, 6.45) is -0.180. The van der Waals surface area contributed by atoms with Gasteiger partial charge in [-0.15, -0.1) is 0 Å². The minimum absolute atomic E-state index is 0.0589. The van der Waals surface area contributed by atoms with Crippen LogP contribution in [0.5, 0.6) is 0 Å². The van der Waals surface area contributed by atoms with Gasteiger partial charge >= 0.3 is 5.97 Å². The lowest BCUT2D eigenvalue weighted by molar-refractivity contribution is -0.272. The smallest absolute Gasteiger partial charge is 0.309 e. The Morgan fingerprint density at radius 2 is 2.00 bits per heavy atom. The highest BCUT2D eigenvalue weighted by Crippen LogP contribution is 2.32. The first-order valence-electron chi connectivity index (χ1n) is 4.93. The molecular weight excluding hydrogens is 184 g/mol. The van der Waals surface area contributed by atoms with Crippen LogP contribution in [0.2, 0.25) is 0 Å². The Morgan fingerprint density at radius 3 is 2.64 bits per heavy atom. The number of hydrogen-bond donors (Lipinski definition) is 0. The summed E-state index contributed by atoms with van der Waals surface area (Å²) in [5, 5.41) is 0. The fourth-order valence-corrected chi connectivity index (χ4v) is 1.70. The third-order valence-corrected chi connectivity index (χ3v) is 2.48. The molecule has 0 aromatic heterocycles. The van der Waals surface area contributed by atoms with E-state index in [1.165, 1.54) is 0 Å². The molecule has 2 heterocycles. The van der Waals surface area contributed by atoms with Gasteiger partial charge in [0.2, 0.25) is 0 Å². The van der Waals surface area contributed by atoms with Gasteiger partial charge in [0.05, 0.1) is 13.0 Å². The molecule has 0 spiro atoms. The van der Waals surface area contributed by atoms with E-state index in [1.807, 2.05) is 0 Å². The van der Waals surface area contributed by atoms with Crippen molar-refractivity contribution >= 4 is 5.97 Å². The molecule has 0 aromatic rings. The largest absolute Gasteiger partial charge is 0.457 e. The molecule has 2 aliphatic rings. The quantitative estimate of drug-likeness (QED) is 0.549. The molecule has 0 radical (unpaired) electrons. The van der Waals surface area contributed by atoms with Gasteiger partial charge in [-0.25, -0.2) is 0 Å². The van der Waals surface area contributed by atoms with Crippen LogP contribution in [0.4, 0.5) is 0 Å². The van der Waals surface area contributed by atoms with Gasteiger partial charge < -0.3 is 14.2 Å². The van der Waals surface area contributed by atoms with Crippen molar-refractivity contribution in [2.24, 2.45) is 5.41 Å². The van der Waals surface area contributed by atoms with Gasteiger partial charge in [0.15, 0.2) is 12.4 Å². The van der Waals surface area contributed by atoms with Gasteiger partial charge in [-0.2, -0.15) is 0 Å². The van der Waals surface area contributed by atoms with Gasteiger partial charge in [-0.05, 0) is 0 Å². The van der Waals surface area contributed by atoms with Crippen LogP contribution in [0.25, 0.3) is 0 Å². The van der Waals surface area contributed by atoms with Crippen LogP contribution in [0.3, 0.4) is 0 Å². The van der Waals surface area contributed by atoms with Gasteiger partial charge in [-0.1, -0.05) is 20.8 Å². The maximum absolute atomic E-state index is 11.0. The molecular formula is C10H16O4. The molecule has 0 N–H and O–H groups in total. The second kappa shape index (κ2) is 3.21. The van der Waals surface area contributed by atoms with Crippen LogP contribution in [0, 0.1) is 5.41 Å². The first-order chi connectivity index (χ1) is 6.47. The summed E-state index contributed by atoms with van der Waals surface area (Å²) < 4.78 is 16.2. The Hall–Kier alpha value is -0.610. The van der Waals surface area contributed by atoms with Gasteiger partial charge in [0.25, 0.3) is 0 Å². The zero-order chi connectivity index (χ0) is 10.3. The van der Waals surface area contributed by atoms with Crippen LogP contribution < -0.4 is 0 Å². The van der Waals surface area contributed by atoms with Crippen molar-refractivity contribution in [2.75, 3.05) is 6.61 Å². The van der Waals surface area contributed by atoms with Crippen molar-refractivity contribution in [3.8, 4) is 0 Å². The summed E-state index contributed by atoms with van der Waals surface area (Å²) in [5.74, 6) is -0.182. The summed E-state index contributed by atoms with van der Waals surface area (Å²) >= 11 is 0. The van der Waals surface area contributed by atoms with E-state index in [1.54, 1.807) is 0 Å². The molecule has 14 heavy (non-hydrogen) atoms. The van der Waals surface area contributed by atoms with Crippen LogP contribution >= 0.6 is 0 Å². The van der Waals surface area contributed by atoms with Crippen molar-refractivity contribution in [1.82, 2.24) is 0 Å². The Balaban J connectivity index is 2.01. The van der Waals surface area contributed by atoms with E-state index in [2.05, 4.69) is 20.8 Å². The van der Waals surface area contributed by atoms with E-state index in [-0.39, 0.29) is 29.9 Å². The molecule has 2 saturated heterocycles. The van der Waals surface area contributed by atoms with Crippen LogP contribution in [0.15, 0.2) is 0 Å². The highest BCUT2D eigenvalue weighted by molar-refractivity contribution is 5.72. The van der Waals surface area contributed by atoms with Gasteiger partial charge in [0.1, 0.15) is 6.10 Å². The molecule has 0 amide bonds. The van der Waals surface area contributed by atoms with Crippen molar-refractivity contribution in [3.63, 3.8) is 0 Å². The molecule has 0 saturated carbocycles. The zero-order valence-corrected chi connectivity index (χ0v) is 8.78. The predicted molar refractivity (Wildman–Crippen MR) is 48.6 cm³/mol. The molecule has 3 atom stereocenters. The number of esters is 1. The number of rotatable bonds is 0. The minimum Gasteiger partial charge on any atom is -0.457 e. The number of fused-ring (bicyclic) bond motifs is 1. The summed E-state index contributed by atoms with van der Waals surface area (Å²) in [7, 11) is 0. The summed E-state index contributed by atoms with van der Waals surface area (Å²) in [6.45, 7) is 6.61. The monoisotopic (exact) mass is 200 g/mol. The Bertz CT molecular complexity index is 243. The highest BCUT2D eigenvalue weighted by Gasteiger charge is 2.44. The summed E-state index contributed by atoms with van der Waals surface area (Å²) in [4.78, 5) is 11.0. The van der Waals surface area contributed by atoms with Gasteiger partial charge in [-0.3, -0.25) is 4.79 Å². The Morgan fingerprint density at radius 1 is 1.29 bits per heavy atom. The summed E-state index contributed by atoms with van der Waals surface area (Å²) in [5.41, 5.74) is -0.0589. The van der Waals surface area contributed by atoms with Crippen molar-refractivity contribution < 1.29 is 19.0 Å². The van der Waals surface area contributed by atoms with Crippen LogP contribution in [0.1, 0.15) is 27.2 Å². The summed E-state index contributed by atoms with van der Waals surface area (Å²) in [6, 6.07) is 0. The molecule has 2 aliphatic heterocycles. The maximum atomic E-state index is 11.0. The molecule has 2 rings (SSSR count). The van der Waals surface area contributed by atoms with E-state index in [0.29, 0.717) is 13.0 Å². The van der Waals surface area contributed by atoms with Crippen LogP contribution in [-0.4, -0.2) is 31.1 Å². The average molecular weight is 200 g/mol. The Labute approximate surface area is 83.5 Å². The third kappa shape index (κ3) is 1.77. The first kappa shape index (κ1) is 9.93. The molecule has 0 aliphatic carbocycles. The van der Waals surface area contributed by atoms with Crippen molar-refractivity contribution in [1.29, 1.82) is 0 Å². The van der Waals surface area contributed by atoms with Crippen molar-refractivity contribution in [3.05, 3.63) is 0 Å². The fourth-order valence-electron chi connectivity index (χ4n) is 1.70. The van der Waals surface area contributed by atoms with E-state index in [4.69, 9.17) is 14.2 Å². The number of ether oxygens (including phenoxy) is 3. The lowest BCUT2D eigenvalue weighted by Gasteiger charge is -2.37. The molecule has 4 nitrogen and oxygen atoms in total. The second-order valence-corrected chi connectivity index (χ2v) is 4.94. The van der Waals surface area contributed by atoms with E-state index in [0.717, 1.165) is 0 Å². The average Bonchev–Trinajstić information content (AvgIpc) is 2.41. The molecule has 80 valence electrons. The van der Waals surface area contributed by atoms with E-state index < -0.39 is 0 Å². The third-order valence-electron chi connectivity index (χ3n) is 2.48. The minimum atomic E-state index is -0.238. The van der Waals surface area contributed by atoms with Crippen molar-refractivity contribution in [2.45, 2.75) is 45.7 Å². The topological polar surface area (TPSA) is 44.8 Å². The van der Waals surface area contributed by atoms with E-state index in [9.17, 15) is 4.79 Å². The van der Waals surface area contributed by atoms with Crippen LogP contribution in [-0.2, 0) is 19.0 Å². The fraction of sp³-hybridized carbons (Fsp3) is 0.900. The molecule has 2 fully saturated rings. The number of carbonyl (C=O) groups is 1.